The highest BCUT2D eigenvalue weighted by Crippen LogP contribution is 2.27. The highest BCUT2D eigenvalue weighted by Gasteiger charge is 2.25. The number of amides is 1. The van der Waals surface area contributed by atoms with Crippen LogP contribution >= 0.6 is 0 Å². The van der Waals surface area contributed by atoms with E-state index < -0.39 is 0 Å². The van der Waals surface area contributed by atoms with Gasteiger partial charge >= 0.3 is 0 Å². The van der Waals surface area contributed by atoms with Crippen LogP contribution in [0.3, 0.4) is 0 Å². The zero-order valence-corrected chi connectivity index (χ0v) is 9.06. The molecule has 0 aliphatic carbocycles. The first kappa shape index (κ1) is 11.5. The zero-order valence-electron chi connectivity index (χ0n) is 9.06. The van der Waals surface area contributed by atoms with E-state index in [-0.39, 0.29) is 17.4 Å². The number of rotatable bonds is 2. The van der Waals surface area contributed by atoms with Crippen molar-refractivity contribution < 1.29 is 4.79 Å². The molecule has 0 rings (SSSR count). The predicted octanol–water partition coefficient (Wildman–Crippen LogP) is 2.19. The number of carbonyl (C=O) groups is 1. The van der Waals surface area contributed by atoms with E-state index in [0.717, 1.165) is 0 Å². The van der Waals surface area contributed by atoms with Crippen molar-refractivity contribution in [2.24, 2.45) is 11.3 Å². The van der Waals surface area contributed by atoms with Crippen molar-refractivity contribution in [3.8, 4) is 0 Å². The Balaban J connectivity index is 4.10. The van der Waals surface area contributed by atoms with Crippen LogP contribution in [0.5, 0.6) is 0 Å². The second kappa shape index (κ2) is 3.92. The van der Waals surface area contributed by atoms with Gasteiger partial charge in [-0.3, -0.25) is 4.79 Å². The minimum Gasteiger partial charge on any atom is -0.354 e. The van der Waals surface area contributed by atoms with E-state index in [1.54, 1.807) is 6.92 Å². The van der Waals surface area contributed by atoms with Gasteiger partial charge in [-0.15, -0.1) is 0 Å². The molecule has 0 aromatic heterocycles. The molecule has 1 unspecified atom stereocenters. The Kier molecular flexibility index (Phi) is 3.75. The maximum Gasteiger partial charge on any atom is 0.217 e. The summed E-state index contributed by atoms with van der Waals surface area (Å²) >= 11 is 0. The normalized spacial score (nSPS) is 16.8. The van der Waals surface area contributed by atoms with Gasteiger partial charge in [0.15, 0.2) is 0 Å². The topological polar surface area (TPSA) is 29.1 Å². The maximum atomic E-state index is 10.8. The lowest BCUT2D eigenvalue weighted by Crippen LogP contribution is -2.40. The largest absolute Gasteiger partial charge is 0.354 e. The van der Waals surface area contributed by atoms with E-state index in [2.05, 4.69) is 39.9 Å². The van der Waals surface area contributed by atoms with Crippen LogP contribution < -0.4 is 5.32 Å². The van der Waals surface area contributed by atoms with E-state index >= 15 is 0 Å². The highest BCUT2D eigenvalue weighted by molar-refractivity contribution is 5.73. The minimum atomic E-state index is 0.0543. The summed E-state index contributed by atoms with van der Waals surface area (Å²) in [7, 11) is 0. The van der Waals surface area contributed by atoms with E-state index in [1.165, 1.54) is 0 Å². The molecule has 2 atom stereocenters. The average Bonchev–Trinajstić information content (AvgIpc) is 1.82. The zero-order chi connectivity index (χ0) is 9.94. The van der Waals surface area contributed by atoms with Crippen molar-refractivity contribution in [1.29, 1.82) is 0 Å². The molecular formula is C10H21NO. The van der Waals surface area contributed by atoms with Crippen LogP contribution in [0.25, 0.3) is 0 Å². The van der Waals surface area contributed by atoms with Gasteiger partial charge in [0.05, 0.1) is 0 Å². The second-order valence-electron chi connectivity index (χ2n) is 4.64. The molecule has 0 spiro atoms. The first-order chi connectivity index (χ1) is 5.25. The summed E-state index contributed by atoms with van der Waals surface area (Å²) in [4.78, 5) is 10.8. The van der Waals surface area contributed by atoms with E-state index in [9.17, 15) is 4.79 Å². The Labute approximate surface area is 75.7 Å². The van der Waals surface area contributed by atoms with E-state index in [1.807, 2.05) is 0 Å². The molecule has 1 amide bonds. The van der Waals surface area contributed by atoms with Gasteiger partial charge in [0, 0.05) is 13.0 Å². The predicted molar refractivity (Wildman–Crippen MR) is 51.9 cm³/mol. The fourth-order valence-electron chi connectivity index (χ4n) is 1.20. The summed E-state index contributed by atoms with van der Waals surface area (Å²) in [5.41, 5.74) is 0.252. The van der Waals surface area contributed by atoms with Gasteiger partial charge in [-0.1, -0.05) is 27.7 Å². The van der Waals surface area contributed by atoms with Gasteiger partial charge in [0.2, 0.25) is 5.91 Å². The third-order valence-electron chi connectivity index (χ3n) is 2.55. The molecule has 0 aromatic rings. The monoisotopic (exact) mass is 171 g/mol. The van der Waals surface area contributed by atoms with E-state index in [4.69, 9.17) is 0 Å². The molecule has 0 aliphatic rings. The van der Waals surface area contributed by atoms with Crippen molar-refractivity contribution in [2.45, 2.75) is 47.6 Å². The molecule has 0 aliphatic heterocycles. The smallest absolute Gasteiger partial charge is 0.217 e. The van der Waals surface area contributed by atoms with Gasteiger partial charge in [0.25, 0.3) is 0 Å². The lowest BCUT2D eigenvalue weighted by atomic mass is 9.78. The quantitative estimate of drug-likeness (QED) is 0.678. The van der Waals surface area contributed by atoms with Crippen LogP contribution in [0.15, 0.2) is 0 Å². The summed E-state index contributed by atoms with van der Waals surface area (Å²) in [5.74, 6) is 0.542. The third kappa shape index (κ3) is 3.74. The molecule has 0 saturated heterocycles. The first-order valence-corrected chi connectivity index (χ1v) is 4.52. The van der Waals surface area contributed by atoms with Crippen LogP contribution in [0, 0.1) is 11.3 Å². The van der Waals surface area contributed by atoms with Crippen LogP contribution in [0.1, 0.15) is 41.5 Å². The Morgan fingerprint density at radius 2 is 1.67 bits per heavy atom. The lowest BCUT2D eigenvalue weighted by molar-refractivity contribution is -0.120. The lowest BCUT2D eigenvalue weighted by Gasteiger charge is -2.32. The molecule has 72 valence electrons. The number of carbonyl (C=O) groups excluding carboxylic acids is 1. The average molecular weight is 171 g/mol. The van der Waals surface area contributed by atoms with Crippen LogP contribution in [0.2, 0.25) is 0 Å². The Morgan fingerprint density at radius 3 is 1.92 bits per heavy atom. The fourth-order valence-corrected chi connectivity index (χ4v) is 1.20. The van der Waals surface area contributed by atoms with E-state index in [0.29, 0.717) is 5.92 Å². The summed E-state index contributed by atoms with van der Waals surface area (Å²) in [5, 5.41) is 2.91. The molecule has 0 radical (unpaired) electrons. The second-order valence-corrected chi connectivity index (χ2v) is 4.64. The highest BCUT2D eigenvalue weighted by atomic mass is 16.1. The molecule has 0 heterocycles. The fraction of sp³-hybridized carbons (Fsp3) is 0.900. The SMILES string of the molecule is CC(=O)NC(C)[C@H](C)C(C)(C)C. The Bertz CT molecular complexity index is 158. The standard InChI is InChI=1S/C10H21NO/c1-7(10(4,5)6)8(2)11-9(3)12/h7-8H,1-6H3,(H,11,12)/t7-,8?/m0/s1. The number of nitrogens with one attached hydrogen (secondary N) is 1. The first-order valence-electron chi connectivity index (χ1n) is 4.52. The van der Waals surface area contributed by atoms with Crippen LogP contribution in [0.4, 0.5) is 0 Å². The van der Waals surface area contributed by atoms with Gasteiger partial charge in [-0.2, -0.15) is 0 Å². The van der Waals surface area contributed by atoms with Gasteiger partial charge in [-0.25, -0.2) is 0 Å². The molecule has 2 nitrogen and oxygen atoms in total. The van der Waals surface area contributed by atoms with Crippen LogP contribution in [-0.4, -0.2) is 11.9 Å². The van der Waals surface area contributed by atoms with Crippen molar-refractivity contribution in [2.75, 3.05) is 0 Å². The number of hydrogen-bond acceptors (Lipinski definition) is 1. The summed E-state index contributed by atoms with van der Waals surface area (Å²) in [6.45, 7) is 12.4. The Morgan fingerprint density at radius 1 is 1.25 bits per heavy atom. The van der Waals surface area contributed by atoms with Crippen molar-refractivity contribution in [3.05, 3.63) is 0 Å². The van der Waals surface area contributed by atoms with Crippen molar-refractivity contribution in [1.82, 2.24) is 5.32 Å². The van der Waals surface area contributed by atoms with Gasteiger partial charge < -0.3 is 5.32 Å². The molecule has 2 heteroatoms. The maximum absolute atomic E-state index is 10.8. The minimum absolute atomic E-state index is 0.0543. The Hall–Kier alpha value is -0.530. The van der Waals surface area contributed by atoms with Crippen molar-refractivity contribution in [3.63, 3.8) is 0 Å². The van der Waals surface area contributed by atoms with Crippen molar-refractivity contribution >= 4 is 5.91 Å². The molecule has 1 N–H and O–H groups in total. The summed E-state index contributed by atoms with van der Waals surface area (Å²) in [6, 6.07) is 0.252. The van der Waals surface area contributed by atoms with Gasteiger partial charge in [-0.05, 0) is 18.3 Å². The molecule has 0 aromatic carbocycles. The third-order valence-corrected chi connectivity index (χ3v) is 2.55. The summed E-state index contributed by atoms with van der Waals surface area (Å²) < 4.78 is 0. The molecule has 12 heavy (non-hydrogen) atoms. The van der Waals surface area contributed by atoms with Gasteiger partial charge in [0.1, 0.15) is 0 Å². The molecular weight excluding hydrogens is 150 g/mol. The molecule has 0 bridgehead atoms. The summed E-state index contributed by atoms with van der Waals surface area (Å²) in [6.07, 6.45) is 0. The molecule has 0 fully saturated rings. The number of hydrogen-bond donors (Lipinski definition) is 1. The molecule has 0 saturated carbocycles. The van der Waals surface area contributed by atoms with Crippen LogP contribution in [-0.2, 0) is 4.79 Å².